The molecule has 2 aliphatic rings. The third-order valence-electron chi connectivity index (χ3n) is 5.34. The molecule has 0 saturated carbocycles. The first kappa shape index (κ1) is 17.1. The Kier molecular flexibility index (Phi) is 4.16. The highest BCUT2D eigenvalue weighted by molar-refractivity contribution is 5.92. The zero-order valence-corrected chi connectivity index (χ0v) is 15.7. The maximum absolute atomic E-state index is 13.1. The molecule has 1 amide bonds. The van der Waals surface area contributed by atoms with E-state index in [9.17, 15) is 4.79 Å². The van der Waals surface area contributed by atoms with Crippen molar-refractivity contribution in [3.8, 4) is 11.5 Å². The highest BCUT2D eigenvalue weighted by Crippen LogP contribution is 2.27. The molecular weight excluding hydrogens is 356 g/mol. The van der Waals surface area contributed by atoms with Gasteiger partial charge in [0.15, 0.2) is 11.6 Å². The van der Waals surface area contributed by atoms with E-state index in [0.29, 0.717) is 18.8 Å². The monoisotopic (exact) mass is 378 g/mol. The van der Waals surface area contributed by atoms with Crippen LogP contribution in [0.2, 0.25) is 0 Å². The van der Waals surface area contributed by atoms with Crippen molar-refractivity contribution in [3.05, 3.63) is 47.9 Å². The minimum Gasteiger partial charge on any atom is -0.333 e. The van der Waals surface area contributed by atoms with Crippen LogP contribution in [0.15, 0.2) is 30.6 Å². The Morgan fingerprint density at radius 1 is 1.21 bits per heavy atom. The second-order valence-electron chi connectivity index (χ2n) is 7.30. The summed E-state index contributed by atoms with van der Waals surface area (Å²) in [6.07, 6.45) is 4.47. The number of carbonyl (C=O) groups excluding carboxylic acids is 1. The van der Waals surface area contributed by atoms with Crippen LogP contribution in [0.25, 0.3) is 11.5 Å². The number of amides is 1. The number of imidazole rings is 1. The van der Waals surface area contributed by atoms with Gasteiger partial charge in [-0.05, 0) is 19.1 Å². The van der Waals surface area contributed by atoms with E-state index in [4.69, 9.17) is 0 Å². The topological polar surface area (TPSA) is 93.8 Å². The van der Waals surface area contributed by atoms with Crippen LogP contribution in [0.3, 0.4) is 0 Å². The number of pyridine rings is 1. The van der Waals surface area contributed by atoms with Gasteiger partial charge in [0.1, 0.15) is 17.2 Å². The maximum Gasteiger partial charge on any atom is 0.274 e. The maximum atomic E-state index is 13.1. The molecule has 0 unspecified atom stereocenters. The molecule has 3 aromatic heterocycles. The smallest absolute Gasteiger partial charge is 0.274 e. The molecule has 5 heterocycles. The molecule has 9 heteroatoms. The number of nitrogens with zero attached hydrogens (tertiary/aromatic N) is 7. The Labute approximate surface area is 162 Å². The lowest BCUT2D eigenvalue weighted by Crippen LogP contribution is -2.40. The number of hydrogen-bond acceptors (Lipinski definition) is 6. The average Bonchev–Trinajstić information content (AvgIpc) is 3.27. The predicted molar refractivity (Wildman–Crippen MR) is 102 cm³/mol. The Morgan fingerprint density at radius 2 is 2.14 bits per heavy atom. The van der Waals surface area contributed by atoms with Gasteiger partial charge in [-0.25, -0.2) is 4.98 Å². The summed E-state index contributed by atoms with van der Waals surface area (Å²) in [5, 5.41) is 12.0. The number of rotatable bonds is 2. The minimum absolute atomic E-state index is 0.0472. The number of fused-ring (bicyclic) bond motifs is 2. The molecule has 1 atom stereocenters. The van der Waals surface area contributed by atoms with Gasteiger partial charge in [0.2, 0.25) is 0 Å². The summed E-state index contributed by atoms with van der Waals surface area (Å²) in [6, 6.07) is 5.80. The van der Waals surface area contributed by atoms with Crippen LogP contribution in [0, 0.1) is 0 Å². The molecule has 28 heavy (non-hydrogen) atoms. The summed E-state index contributed by atoms with van der Waals surface area (Å²) in [5.41, 5.74) is 1.31. The van der Waals surface area contributed by atoms with Crippen molar-refractivity contribution in [3.63, 3.8) is 0 Å². The van der Waals surface area contributed by atoms with E-state index in [2.05, 4.69) is 41.5 Å². The van der Waals surface area contributed by atoms with Gasteiger partial charge in [0.05, 0.1) is 12.6 Å². The van der Waals surface area contributed by atoms with Crippen LogP contribution in [0.5, 0.6) is 0 Å². The largest absolute Gasteiger partial charge is 0.333 e. The number of aromatic nitrogens is 6. The van der Waals surface area contributed by atoms with Gasteiger partial charge in [0, 0.05) is 45.0 Å². The molecular formula is C19H22N8O. The third-order valence-corrected chi connectivity index (χ3v) is 5.34. The fourth-order valence-corrected chi connectivity index (χ4v) is 3.99. The third kappa shape index (κ3) is 2.88. The highest BCUT2D eigenvalue weighted by atomic mass is 16.2. The summed E-state index contributed by atoms with van der Waals surface area (Å²) in [5.74, 6) is 2.45. The van der Waals surface area contributed by atoms with E-state index < -0.39 is 0 Å². The van der Waals surface area contributed by atoms with Crippen LogP contribution in [0.1, 0.15) is 35.1 Å². The Balaban J connectivity index is 1.41. The number of nitrogens with one attached hydrogen (secondary N) is 1. The van der Waals surface area contributed by atoms with E-state index in [1.165, 1.54) is 0 Å². The fraction of sp³-hybridized carbons (Fsp3) is 0.421. The van der Waals surface area contributed by atoms with Gasteiger partial charge < -0.3 is 19.4 Å². The first-order valence-corrected chi connectivity index (χ1v) is 9.62. The average molecular weight is 378 g/mol. The highest BCUT2D eigenvalue weighted by Gasteiger charge is 2.31. The lowest BCUT2D eigenvalue weighted by Gasteiger charge is -2.32. The molecule has 9 nitrogen and oxygen atoms in total. The Hall–Kier alpha value is -3.07. The molecule has 1 N–H and O–H groups in total. The van der Waals surface area contributed by atoms with Gasteiger partial charge in [-0.2, -0.15) is 0 Å². The zero-order valence-electron chi connectivity index (χ0n) is 15.7. The summed E-state index contributed by atoms with van der Waals surface area (Å²) < 4.78 is 4.17. The summed E-state index contributed by atoms with van der Waals surface area (Å²) >= 11 is 0. The van der Waals surface area contributed by atoms with Gasteiger partial charge in [-0.15, -0.1) is 10.2 Å². The number of carbonyl (C=O) groups is 1. The van der Waals surface area contributed by atoms with Crippen molar-refractivity contribution in [2.75, 3.05) is 19.6 Å². The fourth-order valence-electron chi connectivity index (χ4n) is 3.99. The van der Waals surface area contributed by atoms with Crippen LogP contribution in [-0.4, -0.2) is 59.7 Å². The molecule has 0 spiro atoms. The summed E-state index contributed by atoms with van der Waals surface area (Å²) in [6.45, 7) is 5.72. The van der Waals surface area contributed by atoms with E-state index in [-0.39, 0.29) is 11.9 Å². The quantitative estimate of drug-likeness (QED) is 0.712. The predicted octanol–water partition coefficient (Wildman–Crippen LogP) is 0.899. The molecule has 2 aliphatic heterocycles. The molecule has 0 aliphatic carbocycles. The van der Waals surface area contributed by atoms with Crippen molar-refractivity contribution in [2.45, 2.75) is 32.5 Å². The van der Waals surface area contributed by atoms with Crippen LogP contribution in [0.4, 0.5) is 0 Å². The molecule has 0 saturated heterocycles. The summed E-state index contributed by atoms with van der Waals surface area (Å²) in [7, 11) is 0. The van der Waals surface area contributed by atoms with Crippen LogP contribution >= 0.6 is 0 Å². The molecule has 0 fully saturated rings. The molecule has 0 radical (unpaired) electrons. The van der Waals surface area contributed by atoms with Crippen molar-refractivity contribution in [2.24, 2.45) is 0 Å². The second-order valence-corrected chi connectivity index (χ2v) is 7.30. The lowest BCUT2D eigenvalue weighted by molar-refractivity contribution is 0.0676. The van der Waals surface area contributed by atoms with Crippen molar-refractivity contribution in [1.29, 1.82) is 0 Å². The van der Waals surface area contributed by atoms with Gasteiger partial charge >= 0.3 is 0 Å². The van der Waals surface area contributed by atoms with E-state index in [0.717, 1.165) is 49.2 Å². The van der Waals surface area contributed by atoms with Crippen molar-refractivity contribution in [1.82, 2.24) is 39.5 Å². The van der Waals surface area contributed by atoms with Crippen molar-refractivity contribution < 1.29 is 4.79 Å². The zero-order chi connectivity index (χ0) is 19.1. The SMILES string of the molecule is C[C@H]1CN(C(=O)c2cn3c(n2)CCNCC3)Cc2nnc(-c3ccccn3)n21. The molecule has 144 valence electrons. The summed E-state index contributed by atoms with van der Waals surface area (Å²) in [4.78, 5) is 23.9. The van der Waals surface area contributed by atoms with E-state index in [1.54, 1.807) is 6.20 Å². The number of hydrogen-bond donors (Lipinski definition) is 1. The standard InChI is InChI=1S/C19H22N8O/c1-13-10-26(19(28)15-11-25-9-8-20-7-5-16(25)22-15)12-17-23-24-18(27(13)17)14-4-2-3-6-21-14/h2-4,6,11,13,20H,5,7-10,12H2,1H3/t13-/m0/s1. The van der Waals surface area contributed by atoms with Gasteiger partial charge in [-0.3, -0.25) is 9.78 Å². The van der Waals surface area contributed by atoms with Crippen molar-refractivity contribution >= 4 is 5.91 Å². The minimum atomic E-state index is -0.0472. The molecule has 5 rings (SSSR count). The first-order chi connectivity index (χ1) is 13.7. The lowest BCUT2D eigenvalue weighted by atomic mass is 10.2. The first-order valence-electron chi connectivity index (χ1n) is 9.62. The van der Waals surface area contributed by atoms with Gasteiger partial charge in [0.25, 0.3) is 5.91 Å². The Morgan fingerprint density at radius 3 is 3.00 bits per heavy atom. The van der Waals surface area contributed by atoms with E-state index >= 15 is 0 Å². The van der Waals surface area contributed by atoms with E-state index in [1.807, 2.05) is 29.3 Å². The normalized spacial score (nSPS) is 19.0. The molecule has 0 aromatic carbocycles. The van der Waals surface area contributed by atoms with Gasteiger partial charge in [-0.1, -0.05) is 6.07 Å². The molecule has 0 bridgehead atoms. The van der Waals surface area contributed by atoms with Crippen LogP contribution in [-0.2, 0) is 19.5 Å². The molecule has 3 aromatic rings. The second kappa shape index (κ2) is 6.83. The van der Waals surface area contributed by atoms with Crippen LogP contribution < -0.4 is 5.32 Å². The Bertz CT molecular complexity index is 985.